The second-order valence-electron chi connectivity index (χ2n) is 5.38. The van der Waals surface area contributed by atoms with Gasteiger partial charge in [-0.25, -0.2) is 0 Å². The SMILES string of the molecule is CCC(C)(C)C(C)OC1CCCCC1. The minimum Gasteiger partial charge on any atom is -0.375 e. The average Bonchev–Trinajstić information content (AvgIpc) is 2.19. The summed E-state index contributed by atoms with van der Waals surface area (Å²) in [6.45, 7) is 9.10. The van der Waals surface area contributed by atoms with E-state index < -0.39 is 0 Å². The Hall–Kier alpha value is -0.0400. The number of hydrogen-bond acceptors (Lipinski definition) is 1. The molecule has 0 bridgehead atoms. The van der Waals surface area contributed by atoms with Crippen LogP contribution in [0.3, 0.4) is 0 Å². The summed E-state index contributed by atoms with van der Waals surface area (Å²) in [5.41, 5.74) is 0.331. The van der Waals surface area contributed by atoms with Crippen LogP contribution in [0.2, 0.25) is 0 Å². The third kappa shape index (κ3) is 3.27. The Morgan fingerprint density at radius 1 is 1.21 bits per heavy atom. The van der Waals surface area contributed by atoms with E-state index in [0.29, 0.717) is 17.6 Å². The van der Waals surface area contributed by atoms with E-state index in [-0.39, 0.29) is 0 Å². The largest absolute Gasteiger partial charge is 0.375 e. The van der Waals surface area contributed by atoms with E-state index in [4.69, 9.17) is 4.74 Å². The Balaban J connectivity index is 2.34. The van der Waals surface area contributed by atoms with Crippen LogP contribution in [0, 0.1) is 5.41 Å². The van der Waals surface area contributed by atoms with Crippen molar-refractivity contribution in [1.82, 2.24) is 0 Å². The lowest BCUT2D eigenvalue weighted by Crippen LogP contribution is -2.33. The van der Waals surface area contributed by atoms with Crippen molar-refractivity contribution in [3.05, 3.63) is 0 Å². The molecule has 1 heteroatoms. The second-order valence-corrected chi connectivity index (χ2v) is 5.38. The molecular formula is C13H26O. The van der Waals surface area contributed by atoms with E-state index in [1.165, 1.54) is 38.5 Å². The van der Waals surface area contributed by atoms with Gasteiger partial charge in [0.05, 0.1) is 12.2 Å². The van der Waals surface area contributed by atoms with Crippen LogP contribution in [-0.2, 0) is 4.74 Å². The summed E-state index contributed by atoms with van der Waals surface area (Å²) < 4.78 is 6.15. The van der Waals surface area contributed by atoms with E-state index in [2.05, 4.69) is 27.7 Å². The van der Waals surface area contributed by atoms with Crippen molar-refractivity contribution in [1.29, 1.82) is 0 Å². The molecule has 0 aromatic carbocycles. The fourth-order valence-electron chi connectivity index (χ4n) is 1.96. The summed E-state index contributed by atoms with van der Waals surface area (Å²) in [5, 5.41) is 0. The summed E-state index contributed by atoms with van der Waals surface area (Å²) in [6, 6.07) is 0. The Morgan fingerprint density at radius 2 is 1.79 bits per heavy atom. The molecule has 0 aliphatic heterocycles. The fourth-order valence-corrected chi connectivity index (χ4v) is 1.96. The van der Waals surface area contributed by atoms with E-state index in [0.717, 1.165) is 0 Å². The van der Waals surface area contributed by atoms with Crippen LogP contribution in [0.15, 0.2) is 0 Å². The molecule has 14 heavy (non-hydrogen) atoms. The molecule has 1 aliphatic carbocycles. The Morgan fingerprint density at radius 3 is 2.29 bits per heavy atom. The molecule has 0 spiro atoms. The maximum Gasteiger partial charge on any atom is 0.0601 e. The highest BCUT2D eigenvalue weighted by Crippen LogP contribution is 2.30. The van der Waals surface area contributed by atoms with Crippen molar-refractivity contribution in [2.24, 2.45) is 5.41 Å². The molecule has 1 atom stereocenters. The van der Waals surface area contributed by atoms with E-state index in [9.17, 15) is 0 Å². The first-order valence-electron chi connectivity index (χ1n) is 6.21. The number of ether oxygens (including phenoxy) is 1. The highest BCUT2D eigenvalue weighted by Gasteiger charge is 2.27. The van der Waals surface area contributed by atoms with Crippen LogP contribution in [-0.4, -0.2) is 12.2 Å². The van der Waals surface area contributed by atoms with Gasteiger partial charge in [0.2, 0.25) is 0 Å². The van der Waals surface area contributed by atoms with E-state index >= 15 is 0 Å². The molecular weight excluding hydrogens is 172 g/mol. The van der Waals surface area contributed by atoms with Crippen LogP contribution in [0.4, 0.5) is 0 Å². The first kappa shape index (κ1) is 12.0. The van der Waals surface area contributed by atoms with Gasteiger partial charge in [-0.3, -0.25) is 0 Å². The summed E-state index contributed by atoms with van der Waals surface area (Å²) in [4.78, 5) is 0. The average molecular weight is 198 g/mol. The Kier molecular flexibility index (Phi) is 4.43. The molecule has 0 radical (unpaired) electrons. The zero-order valence-corrected chi connectivity index (χ0v) is 10.3. The molecule has 0 heterocycles. The maximum atomic E-state index is 6.15. The first-order valence-corrected chi connectivity index (χ1v) is 6.21. The van der Waals surface area contributed by atoms with Gasteiger partial charge in [-0.2, -0.15) is 0 Å². The maximum absolute atomic E-state index is 6.15. The van der Waals surface area contributed by atoms with Crippen LogP contribution in [0.1, 0.15) is 66.2 Å². The minimum absolute atomic E-state index is 0.331. The standard InChI is InChI=1S/C13H26O/c1-5-13(3,4)11(2)14-12-9-7-6-8-10-12/h11-12H,5-10H2,1-4H3. The summed E-state index contributed by atoms with van der Waals surface area (Å²) >= 11 is 0. The smallest absolute Gasteiger partial charge is 0.0601 e. The lowest BCUT2D eigenvalue weighted by atomic mass is 9.84. The predicted molar refractivity (Wildman–Crippen MR) is 61.5 cm³/mol. The third-order valence-corrected chi connectivity index (χ3v) is 3.96. The monoisotopic (exact) mass is 198 g/mol. The molecule has 1 saturated carbocycles. The molecule has 0 aromatic heterocycles. The van der Waals surface area contributed by atoms with Crippen LogP contribution in [0.25, 0.3) is 0 Å². The van der Waals surface area contributed by atoms with Crippen molar-refractivity contribution < 1.29 is 4.74 Å². The molecule has 0 saturated heterocycles. The molecule has 0 amide bonds. The molecule has 0 aromatic rings. The van der Waals surface area contributed by atoms with Gasteiger partial charge in [0.1, 0.15) is 0 Å². The molecule has 1 nitrogen and oxygen atoms in total. The van der Waals surface area contributed by atoms with Crippen LogP contribution >= 0.6 is 0 Å². The van der Waals surface area contributed by atoms with Gasteiger partial charge >= 0.3 is 0 Å². The Labute approximate surface area is 89.2 Å². The third-order valence-electron chi connectivity index (χ3n) is 3.96. The van der Waals surface area contributed by atoms with Gasteiger partial charge < -0.3 is 4.74 Å². The fraction of sp³-hybridized carbons (Fsp3) is 1.00. The van der Waals surface area contributed by atoms with Gasteiger partial charge in [0, 0.05) is 0 Å². The summed E-state index contributed by atoms with van der Waals surface area (Å²) in [7, 11) is 0. The zero-order valence-electron chi connectivity index (χ0n) is 10.3. The summed E-state index contributed by atoms with van der Waals surface area (Å²) in [5.74, 6) is 0. The van der Waals surface area contributed by atoms with Crippen LogP contribution in [0.5, 0.6) is 0 Å². The lowest BCUT2D eigenvalue weighted by Gasteiger charge is -2.35. The highest BCUT2D eigenvalue weighted by atomic mass is 16.5. The quantitative estimate of drug-likeness (QED) is 0.659. The Bertz CT molecular complexity index is 157. The zero-order chi connectivity index (χ0) is 10.6. The van der Waals surface area contributed by atoms with Crippen molar-refractivity contribution >= 4 is 0 Å². The van der Waals surface area contributed by atoms with Gasteiger partial charge in [-0.15, -0.1) is 0 Å². The van der Waals surface area contributed by atoms with E-state index in [1.54, 1.807) is 0 Å². The van der Waals surface area contributed by atoms with Crippen LogP contribution < -0.4 is 0 Å². The molecule has 0 N–H and O–H groups in total. The molecule has 1 unspecified atom stereocenters. The van der Waals surface area contributed by atoms with Crippen molar-refractivity contribution in [3.8, 4) is 0 Å². The van der Waals surface area contributed by atoms with Crippen molar-refractivity contribution in [2.45, 2.75) is 78.4 Å². The van der Waals surface area contributed by atoms with E-state index in [1.807, 2.05) is 0 Å². The molecule has 1 fully saturated rings. The molecule has 1 aliphatic rings. The van der Waals surface area contributed by atoms with Gasteiger partial charge in [0.15, 0.2) is 0 Å². The van der Waals surface area contributed by atoms with Gasteiger partial charge in [-0.05, 0) is 31.6 Å². The summed E-state index contributed by atoms with van der Waals surface area (Å²) in [6.07, 6.45) is 8.84. The molecule has 84 valence electrons. The highest BCUT2D eigenvalue weighted by molar-refractivity contribution is 4.76. The minimum atomic E-state index is 0.331. The normalized spacial score (nSPS) is 22.3. The molecule has 1 rings (SSSR count). The predicted octanol–water partition coefficient (Wildman–Crippen LogP) is 4.16. The van der Waals surface area contributed by atoms with Gasteiger partial charge in [0.25, 0.3) is 0 Å². The van der Waals surface area contributed by atoms with Crippen molar-refractivity contribution in [2.75, 3.05) is 0 Å². The first-order chi connectivity index (χ1) is 6.56. The van der Waals surface area contributed by atoms with Crippen molar-refractivity contribution in [3.63, 3.8) is 0 Å². The number of rotatable bonds is 4. The second kappa shape index (κ2) is 5.16. The van der Waals surface area contributed by atoms with Gasteiger partial charge in [-0.1, -0.05) is 40.0 Å². The topological polar surface area (TPSA) is 9.23 Å². The lowest BCUT2D eigenvalue weighted by molar-refractivity contribution is -0.0749. The number of hydrogen-bond donors (Lipinski definition) is 0.